The van der Waals surface area contributed by atoms with Gasteiger partial charge in [0, 0.05) is 23.5 Å². The molecule has 0 radical (unpaired) electrons. The Labute approximate surface area is 150 Å². The third-order valence-electron chi connectivity index (χ3n) is 3.75. The van der Waals surface area contributed by atoms with Crippen molar-refractivity contribution in [1.82, 2.24) is 9.97 Å². The molecule has 26 heavy (non-hydrogen) atoms. The van der Waals surface area contributed by atoms with Crippen LogP contribution < -0.4 is 20.1 Å². The highest BCUT2D eigenvalue weighted by molar-refractivity contribution is 5.65. The van der Waals surface area contributed by atoms with Crippen molar-refractivity contribution in [2.75, 3.05) is 23.8 Å². The SMILES string of the molecule is N#Cc1cccc(Nc2cc(Nc3ccc4c(c3)OCCO4)ncn2)c1. The molecular weight excluding hydrogens is 330 g/mol. The molecule has 0 bridgehead atoms. The van der Waals surface area contributed by atoms with Gasteiger partial charge < -0.3 is 20.1 Å². The van der Waals surface area contributed by atoms with Crippen molar-refractivity contribution in [1.29, 1.82) is 5.26 Å². The largest absolute Gasteiger partial charge is 0.486 e. The highest BCUT2D eigenvalue weighted by atomic mass is 16.6. The van der Waals surface area contributed by atoms with Crippen LogP contribution in [-0.4, -0.2) is 23.2 Å². The summed E-state index contributed by atoms with van der Waals surface area (Å²) in [6, 6.07) is 16.7. The molecule has 7 heteroatoms. The number of rotatable bonds is 4. The lowest BCUT2D eigenvalue weighted by molar-refractivity contribution is 0.171. The molecule has 0 spiro atoms. The van der Waals surface area contributed by atoms with Crippen LogP contribution in [0.4, 0.5) is 23.0 Å². The summed E-state index contributed by atoms with van der Waals surface area (Å²) in [5, 5.41) is 15.4. The maximum Gasteiger partial charge on any atom is 0.163 e. The number of benzene rings is 2. The fourth-order valence-electron chi connectivity index (χ4n) is 2.58. The Morgan fingerprint density at radius 3 is 2.35 bits per heavy atom. The number of fused-ring (bicyclic) bond motifs is 1. The minimum absolute atomic E-state index is 0.541. The Morgan fingerprint density at radius 1 is 0.846 bits per heavy atom. The maximum absolute atomic E-state index is 8.99. The quantitative estimate of drug-likeness (QED) is 0.746. The van der Waals surface area contributed by atoms with E-state index in [2.05, 4.69) is 26.7 Å². The van der Waals surface area contributed by atoms with Crippen LogP contribution in [0.3, 0.4) is 0 Å². The average molecular weight is 345 g/mol. The zero-order valence-corrected chi connectivity index (χ0v) is 13.8. The maximum atomic E-state index is 8.99. The molecule has 1 aliphatic heterocycles. The molecule has 0 saturated heterocycles. The van der Waals surface area contributed by atoms with Crippen molar-refractivity contribution in [2.45, 2.75) is 0 Å². The molecular formula is C19H15N5O2. The smallest absolute Gasteiger partial charge is 0.163 e. The lowest BCUT2D eigenvalue weighted by atomic mass is 10.2. The first-order valence-electron chi connectivity index (χ1n) is 8.06. The molecule has 0 saturated carbocycles. The third kappa shape index (κ3) is 3.49. The van der Waals surface area contributed by atoms with Gasteiger partial charge in [-0.05, 0) is 30.3 Å². The van der Waals surface area contributed by atoms with E-state index in [9.17, 15) is 0 Å². The Bertz CT molecular complexity index is 984. The van der Waals surface area contributed by atoms with E-state index >= 15 is 0 Å². The Morgan fingerprint density at radius 2 is 1.58 bits per heavy atom. The summed E-state index contributed by atoms with van der Waals surface area (Å²) in [6.07, 6.45) is 1.47. The van der Waals surface area contributed by atoms with E-state index in [0.717, 1.165) is 17.1 Å². The molecule has 3 aromatic rings. The topological polar surface area (TPSA) is 92.1 Å². The van der Waals surface area contributed by atoms with Gasteiger partial charge in [-0.3, -0.25) is 0 Å². The minimum atomic E-state index is 0.541. The molecule has 0 atom stereocenters. The monoisotopic (exact) mass is 345 g/mol. The van der Waals surface area contributed by atoms with Gasteiger partial charge in [-0.2, -0.15) is 5.26 Å². The first kappa shape index (κ1) is 15.7. The molecule has 4 rings (SSSR count). The number of hydrogen-bond acceptors (Lipinski definition) is 7. The highest BCUT2D eigenvalue weighted by Gasteiger charge is 2.12. The summed E-state index contributed by atoms with van der Waals surface area (Å²) in [5.41, 5.74) is 2.21. The van der Waals surface area contributed by atoms with Gasteiger partial charge in [0.05, 0.1) is 11.6 Å². The standard InChI is InChI=1S/C19H15N5O2/c20-11-13-2-1-3-14(8-13)23-18-10-19(22-12-21-18)24-15-4-5-16-17(9-15)26-7-6-25-16/h1-5,8-10,12H,6-7H2,(H2,21,22,23,24). The van der Waals surface area contributed by atoms with Crippen molar-refractivity contribution < 1.29 is 9.47 Å². The van der Waals surface area contributed by atoms with Crippen molar-refractivity contribution >= 4 is 23.0 Å². The number of aromatic nitrogens is 2. The van der Waals surface area contributed by atoms with Crippen LogP contribution in [0.1, 0.15) is 5.56 Å². The van der Waals surface area contributed by atoms with Crippen LogP contribution in [0.25, 0.3) is 0 Å². The number of hydrogen-bond donors (Lipinski definition) is 2. The summed E-state index contributed by atoms with van der Waals surface area (Å²) in [4.78, 5) is 8.45. The average Bonchev–Trinajstić information content (AvgIpc) is 2.68. The molecule has 2 N–H and O–H groups in total. The van der Waals surface area contributed by atoms with Gasteiger partial charge in [0.15, 0.2) is 11.5 Å². The lowest BCUT2D eigenvalue weighted by Crippen LogP contribution is -2.15. The normalized spacial score (nSPS) is 12.1. The minimum Gasteiger partial charge on any atom is -0.486 e. The summed E-state index contributed by atoms with van der Waals surface area (Å²) >= 11 is 0. The molecule has 0 unspecified atom stereocenters. The second kappa shape index (κ2) is 6.99. The Balaban J connectivity index is 1.51. The molecule has 1 aliphatic rings. The fraction of sp³-hybridized carbons (Fsp3) is 0.105. The second-order valence-electron chi connectivity index (χ2n) is 5.59. The second-order valence-corrected chi connectivity index (χ2v) is 5.59. The van der Waals surface area contributed by atoms with E-state index in [1.54, 1.807) is 18.2 Å². The summed E-state index contributed by atoms with van der Waals surface area (Å²) < 4.78 is 11.1. The van der Waals surface area contributed by atoms with Crippen LogP contribution in [0.5, 0.6) is 11.5 Å². The summed E-state index contributed by atoms with van der Waals surface area (Å²) in [6.45, 7) is 1.10. The van der Waals surface area contributed by atoms with Gasteiger partial charge in [-0.25, -0.2) is 9.97 Å². The number of ether oxygens (including phenoxy) is 2. The van der Waals surface area contributed by atoms with E-state index < -0.39 is 0 Å². The highest BCUT2D eigenvalue weighted by Crippen LogP contribution is 2.33. The number of nitrogens with one attached hydrogen (secondary N) is 2. The lowest BCUT2D eigenvalue weighted by Gasteiger charge is -2.19. The van der Waals surface area contributed by atoms with E-state index in [1.165, 1.54) is 6.33 Å². The first-order valence-corrected chi connectivity index (χ1v) is 8.06. The van der Waals surface area contributed by atoms with Gasteiger partial charge in [0.1, 0.15) is 31.2 Å². The van der Waals surface area contributed by atoms with Gasteiger partial charge in [-0.1, -0.05) is 6.07 Å². The molecule has 0 amide bonds. The zero-order valence-electron chi connectivity index (χ0n) is 13.8. The van der Waals surface area contributed by atoms with Crippen molar-refractivity contribution in [3.63, 3.8) is 0 Å². The van der Waals surface area contributed by atoms with E-state index in [0.29, 0.717) is 36.2 Å². The first-order chi connectivity index (χ1) is 12.8. The molecule has 128 valence electrons. The predicted molar refractivity (Wildman–Crippen MR) is 97.2 cm³/mol. The molecule has 1 aromatic heterocycles. The molecule has 7 nitrogen and oxygen atoms in total. The van der Waals surface area contributed by atoms with Crippen LogP contribution >= 0.6 is 0 Å². The van der Waals surface area contributed by atoms with E-state index in [1.807, 2.05) is 30.3 Å². The van der Waals surface area contributed by atoms with Crippen molar-refractivity contribution in [2.24, 2.45) is 0 Å². The molecule has 0 fully saturated rings. The summed E-state index contributed by atoms with van der Waals surface area (Å²) in [7, 11) is 0. The molecule has 2 heterocycles. The van der Waals surface area contributed by atoms with Crippen LogP contribution in [0.15, 0.2) is 54.9 Å². The zero-order chi connectivity index (χ0) is 17.8. The fourth-order valence-corrected chi connectivity index (χ4v) is 2.58. The van der Waals surface area contributed by atoms with Gasteiger partial charge in [0.2, 0.25) is 0 Å². The van der Waals surface area contributed by atoms with Gasteiger partial charge in [-0.15, -0.1) is 0 Å². The predicted octanol–water partition coefficient (Wildman–Crippen LogP) is 3.61. The third-order valence-corrected chi connectivity index (χ3v) is 3.75. The number of anilines is 4. The van der Waals surface area contributed by atoms with Crippen molar-refractivity contribution in [3.8, 4) is 17.6 Å². The number of nitriles is 1. The molecule has 0 aliphatic carbocycles. The Hall–Kier alpha value is -3.79. The van der Waals surface area contributed by atoms with Gasteiger partial charge >= 0.3 is 0 Å². The number of nitrogens with zero attached hydrogens (tertiary/aromatic N) is 3. The van der Waals surface area contributed by atoms with Crippen LogP contribution in [0.2, 0.25) is 0 Å². The molecule has 2 aromatic carbocycles. The summed E-state index contributed by atoms with van der Waals surface area (Å²) in [5.74, 6) is 2.71. The van der Waals surface area contributed by atoms with Gasteiger partial charge in [0.25, 0.3) is 0 Å². The van der Waals surface area contributed by atoms with E-state index in [4.69, 9.17) is 14.7 Å². The van der Waals surface area contributed by atoms with Crippen LogP contribution in [0, 0.1) is 11.3 Å². The van der Waals surface area contributed by atoms with Crippen molar-refractivity contribution in [3.05, 3.63) is 60.4 Å². The van der Waals surface area contributed by atoms with Crippen LogP contribution in [-0.2, 0) is 0 Å². The van der Waals surface area contributed by atoms with E-state index in [-0.39, 0.29) is 0 Å². The Kier molecular flexibility index (Phi) is 4.23.